The van der Waals surface area contributed by atoms with E-state index in [0.29, 0.717) is 6.54 Å². The maximum absolute atomic E-state index is 13.7. The van der Waals surface area contributed by atoms with Crippen LogP contribution in [-0.4, -0.2) is 9.78 Å². The summed E-state index contributed by atoms with van der Waals surface area (Å²) >= 11 is 0. The Hall–Kier alpha value is -1.75. The quantitative estimate of drug-likeness (QED) is 0.878. The molecule has 0 radical (unpaired) electrons. The molecule has 1 N–H and O–H groups in total. The molecular weight excluding hydrogens is 260 g/mol. The first-order valence-corrected chi connectivity index (χ1v) is 6.81. The van der Waals surface area contributed by atoms with Gasteiger partial charge in [0.25, 0.3) is 0 Å². The SMILES string of the molecule is CCCn1nccc1CNC(C)c1c(F)cccc1F. The lowest BCUT2D eigenvalue weighted by Crippen LogP contribution is -2.22. The monoisotopic (exact) mass is 279 g/mol. The maximum atomic E-state index is 13.7. The standard InChI is InChI=1S/C15H19F2N3/c1-3-9-20-12(7-8-19-20)10-18-11(2)15-13(16)5-4-6-14(15)17/h4-8,11,18H,3,9-10H2,1-2H3. The number of nitrogens with zero attached hydrogens (tertiary/aromatic N) is 2. The highest BCUT2D eigenvalue weighted by atomic mass is 19.1. The van der Waals surface area contributed by atoms with Crippen molar-refractivity contribution >= 4 is 0 Å². The van der Waals surface area contributed by atoms with Crippen molar-refractivity contribution in [3.05, 3.63) is 53.4 Å². The lowest BCUT2D eigenvalue weighted by molar-refractivity contribution is 0.472. The summed E-state index contributed by atoms with van der Waals surface area (Å²) in [7, 11) is 0. The molecule has 0 saturated heterocycles. The summed E-state index contributed by atoms with van der Waals surface area (Å²) in [6, 6.07) is 5.43. The highest BCUT2D eigenvalue weighted by Crippen LogP contribution is 2.20. The van der Waals surface area contributed by atoms with Gasteiger partial charge in [-0.3, -0.25) is 4.68 Å². The average molecular weight is 279 g/mol. The molecule has 2 rings (SSSR count). The second kappa shape index (κ2) is 6.61. The summed E-state index contributed by atoms with van der Waals surface area (Å²) in [6.07, 6.45) is 2.73. The van der Waals surface area contributed by atoms with Crippen molar-refractivity contribution in [1.82, 2.24) is 15.1 Å². The summed E-state index contributed by atoms with van der Waals surface area (Å²) in [4.78, 5) is 0. The van der Waals surface area contributed by atoms with E-state index in [1.165, 1.54) is 18.2 Å². The minimum Gasteiger partial charge on any atom is -0.304 e. The van der Waals surface area contributed by atoms with Crippen LogP contribution in [0.15, 0.2) is 30.5 Å². The molecule has 1 unspecified atom stereocenters. The number of aryl methyl sites for hydroxylation is 1. The normalized spacial score (nSPS) is 12.6. The summed E-state index contributed by atoms with van der Waals surface area (Å²) in [5.74, 6) is -1.04. The molecule has 0 amide bonds. The Morgan fingerprint density at radius 1 is 1.25 bits per heavy atom. The van der Waals surface area contributed by atoms with Crippen LogP contribution in [0.1, 0.15) is 37.6 Å². The predicted octanol–water partition coefficient (Wildman–Crippen LogP) is 3.42. The highest BCUT2D eigenvalue weighted by Gasteiger charge is 2.15. The first-order chi connectivity index (χ1) is 9.63. The first kappa shape index (κ1) is 14.7. The Morgan fingerprint density at radius 3 is 2.60 bits per heavy atom. The van der Waals surface area contributed by atoms with Crippen molar-refractivity contribution in [2.24, 2.45) is 0 Å². The lowest BCUT2D eigenvalue weighted by Gasteiger charge is -2.16. The number of nitrogens with one attached hydrogen (secondary N) is 1. The molecule has 0 fully saturated rings. The van der Waals surface area contributed by atoms with Gasteiger partial charge in [0, 0.05) is 30.9 Å². The fourth-order valence-electron chi connectivity index (χ4n) is 2.21. The van der Waals surface area contributed by atoms with Crippen molar-refractivity contribution in [3.63, 3.8) is 0 Å². The van der Waals surface area contributed by atoms with Crippen LogP contribution in [0.3, 0.4) is 0 Å². The molecule has 0 aliphatic rings. The van der Waals surface area contributed by atoms with Crippen molar-refractivity contribution < 1.29 is 8.78 Å². The van der Waals surface area contributed by atoms with Crippen molar-refractivity contribution in [2.45, 2.75) is 39.4 Å². The van der Waals surface area contributed by atoms with Gasteiger partial charge in [0.15, 0.2) is 0 Å². The number of hydrogen-bond acceptors (Lipinski definition) is 2. The van der Waals surface area contributed by atoms with E-state index >= 15 is 0 Å². The highest BCUT2D eigenvalue weighted by molar-refractivity contribution is 5.22. The maximum Gasteiger partial charge on any atom is 0.130 e. The van der Waals surface area contributed by atoms with E-state index in [9.17, 15) is 8.78 Å². The van der Waals surface area contributed by atoms with Gasteiger partial charge in [-0.15, -0.1) is 0 Å². The molecular formula is C15H19F2N3. The first-order valence-electron chi connectivity index (χ1n) is 6.81. The van der Waals surface area contributed by atoms with Crippen LogP contribution in [0.25, 0.3) is 0 Å². The third-order valence-corrected chi connectivity index (χ3v) is 3.26. The Kier molecular flexibility index (Phi) is 4.84. The van der Waals surface area contributed by atoms with E-state index in [1.54, 1.807) is 13.1 Å². The molecule has 0 aliphatic carbocycles. The molecule has 1 atom stereocenters. The van der Waals surface area contributed by atoms with Gasteiger partial charge in [-0.1, -0.05) is 13.0 Å². The molecule has 108 valence electrons. The third-order valence-electron chi connectivity index (χ3n) is 3.26. The second-order valence-corrected chi connectivity index (χ2v) is 4.78. The predicted molar refractivity (Wildman–Crippen MR) is 74.1 cm³/mol. The van der Waals surface area contributed by atoms with Crippen molar-refractivity contribution in [1.29, 1.82) is 0 Å². The molecule has 0 saturated carbocycles. The van der Waals surface area contributed by atoms with Gasteiger partial charge in [0.05, 0.1) is 5.69 Å². The van der Waals surface area contributed by atoms with Gasteiger partial charge in [0.1, 0.15) is 11.6 Å². The van der Waals surface area contributed by atoms with E-state index in [-0.39, 0.29) is 5.56 Å². The molecule has 5 heteroatoms. The summed E-state index contributed by atoms with van der Waals surface area (Å²) in [6.45, 7) is 5.19. The molecule has 0 bridgehead atoms. The van der Waals surface area contributed by atoms with Crippen molar-refractivity contribution in [2.75, 3.05) is 0 Å². The molecule has 3 nitrogen and oxygen atoms in total. The van der Waals surface area contributed by atoms with E-state index in [2.05, 4.69) is 17.3 Å². The van der Waals surface area contributed by atoms with E-state index < -0.39 is 17.7 Å². The second-order valence-electron chi connectivity index (χ2n) is 4.78. The minimum absolute atomic E-state index is 0.0778. The smallest absolute Gasteiger partial charge is 0.130 e. The van der Waals surface area contributed by atoms with Gasteiger partial charge in [-0.05, 0) is 31.5 Å². The third kappa shape index (κ3) is 3.22. The van der Waals surface area contributed by atoms with E-state index in [1.807, 2.05) is 10.7 Å². The van der Waals surface area contributed by atoms with E-state index in [0.717, 1.165) is 18.7 Å². The Labute approximate surface area is 117 Å². The number of benzene rings is 1. The van der Waals surface area contributed by atoms with Gasteiger partial charge in [-0.25, -0.2) is 8.78 Å². The molecule has 0 aliphatic heterocycles. The fraction of sp³-hybridized carbons (Fsp3) is 0.400. The van der Waals surface area contributed by atoms with Gasteiger partial charge >= 0.3 is 0 Å². The van der Waals surface area contributed by atoms with Crippen LogP contribution in [0.2, 0.25) is 0 Å². The number of rotatable bonds is 6. The Morgan fingerprint density at radius 2 is 1.95 bits per heavy atom. The number of aromatic nitrogens is 2. The summed E-state index contributed by atoms with van der Waals surface area (Å²) in [5, 5.41) is 7.36. The van der Waals surface area contributed by atoms with Crippen LogP contribution in [0.4, 0.5) is 8.78 Å². The molecule has 20 heavy (non-hydrogen) atoms. The Balaban J connectivity index is 2.05. The van der Waals surface area contributed by atoms with Gasteiger partial charge in [0.2, 0.25) is 0 Å². The molecule has 0 spiro atoms. The van der Waals surface area contributed by atoms with E-state index in [4.69, 9.17) is 0 Å². The van der Waals surface area contributed by atoms with Gasteiger partial charge in [-0.2, -0.15) is 5.10 Å². The van der Waals surface area contributed by atoms with Gasteiger partial charge < -0.3 is 5.32 Å². The number of halogens is 2. The lowest BCUT2D eigenvalue weighted by atomic mass is 10.1. The van der Waals surface area contributed by atoms with Crippen LogP contribution < -0.4 is 5.32 Å². The van der Waals surface area contributed by atoms with Crippen LogP contribution in [-0.2, 0) is 13.1 Å². The summed E-state index contributed by atoms with van der Waals surface area (Å²) in [5.41, 5.74) is 1.09. The Bertz CT molecular complexity index is 546. The average Bonchev–Trinajstić information content (AvgIpc) is 2.84. The van der Waals surface area contributed by atoms with Crippen LogP contribution in [0.5, 0.6) is 0 Å². The molecule has 1 heterocycles. The molecule has 2 aromatic rings. The minimum atomic E-state index is -0.521. The largest absolute Gasteiger partial charge is 0.304 e. The number of hydrogen-bond donors (Lipinski definition) is 1. The topological polar surface area (TPSA) is 29.9 Å². The zero-order chi connectivity index (χ0) is 14.5. The molecule has 1 aromatic carbocycles. The zero-order valence-electron chi connectivity index (χ0n) is 11.7. The zero-order valence-corrected chi connectivity index (χ0v) is 11.7. The van der Waals surface area contributed by atoms with Crippen molar-refractivity contribution in [3.8, 4) is 0 Å². The fourth-order valence-corrected chi connectivity index (χ4v) is 2.21. The summed E-state index contributed by atoms with van der Waals surface area (Å²) < 4.78 is 29.2. The molecule has 1 aromatic heterocycles. The van der Waals surface area contributed by atoms with Crippen LogP contribution in [0, 0.1) is 11.6 Å². The van der Waals surface area contributed by atoms with Crippen LogP contribution >= 0.6 is 0 Å².